The Morgan fingerprint density at radius 1 is 1.31 bits per heavy atom. The number of nitrogens with zero attached hydrogens (tertiary/aromatic N) is 3. The number of aromatic amines is 1. The highest BCUT2D eigenvalue weighted by atomic mass is 19.4. The minimum absolute atomic E-state index is 0.0474. The van der Waals surface area contributed by atoms with E-state index in [1.165, 1.54) is 18.0 Å². The van der Waals surface area contributed by atoms with Crippen molar-refractivity contribution in [2.75, 3.05) is 13.7 Å². The molecule has 9 nitrogen and oxygen atoms in total. The largest absolute Gasteiger partial charge is 0.573 e. The van der Waals surface area contributed by atoms with Gasteiger partial charge in [-0.1, -0.05) is 6.07 Å². The first-order valence-corrected chi connectivity index (χ1v) is 9.03. The number of methoxy groups -OCH3 is 1. The van der Waals surface area contributed by atoms with Gasteiger partial charge in [-0.3, -0.25) is 19.1 Å². The summed E-state index contributed by atoms with van der Waals surface area (Å²) in [7, 11) is 1.32. The van der Waals surface area contributed by atoms with Crippen molar-refractivity contribution in [2.45, 2.75) is 19.3 Å². The number of alkyl halides is 3. The molecule has 1 unspecified atom stereocenters. The summed E-state index contributed by atoms with van der Waals surface area (Å²) in [5.74, 6) is -3.03. The number of aryl methyl sites for hydroxylation is 1. The highest BCUT2D eigenvalue weighted by Gasteiger charge is 2.32. The molecule has 0 aliphatic rings. The fourth-order valence-corrected chi connectivity index (χ4v) is 2.78. The molecule has 2 heterocycles. The average molecular weight is 455 g/mol. The second kappa shape index (κ2) is 9.18. The quantitative estimate of drug-likeness (QED) is 0.530. The zero-order chi connectivity index (χ0) is 23.5. The molecule has 2 N–H and O–H groups in total. The molecular weight excluding hydrogens is 438 g/mol. The van der Waals surface area contributed by atoms with E-state index < -0.39 is 35.4 Å². The highest BCUT2D eigenvalue weighted by Crippen LogP contribution is 2.28. The number of amides is 1. The maximum atomic E-state index is 14.1. The highest BCUT2D eigenvalue weighted by molar-refractivity contribution is 5.92. The number of ether oxygens (including phenoxy) is 2. The van der Waals surface area contributed by atoms with Crippen LogP contribution in [0.2, 0.25) is 0 Å². The molecule has 3 rings (SSSR count). The van der Waals surface area contributed by atoms with Crippen molar-refractivity contribution in [2.24, 2.45) is 0 Å². The van der Waals surface area contributed by atoms with Gasteiger partial charge >= 0.3 is 6.36 Å². The van der Waals surface area contributed by atoms with E-state index in [4.69, 9.17) is 4.74 Å². The molecule has 0 saturated carbocycles. The summed E-state index contributed by atoms with van der Waals surface area (Å²) in [6.07, 6.45) is -2.07. The number of rotatable bonds is 7. The minimum atomic E-state index is -5.06. The van der Waals surface area contributed by atoms with Crippen LogP contribution in [0.5, 0.6) is 5.75 Å². The van der Waals surface area contributed by atoms with Gasteiger partial charge in [-0.2, -0.15) is 0 Å². The molecule has 0 aliphatic heterocycles. The van der Waals surface area contributed by atoms with Crippen LogP contribution in [0.1, 0.15) is 27.8 Å². The van der Waals surface area contributed by atoms with E-state index in [-0.39, 0.29) is 23.8 Å². The topological polar surface area (TPSA) is 111 Å². The molecule has 32 heavy (non-hydrogen) atoms. The van der Waals surface area contributed by atoms with Crippen LogP contribution in [0, 0.1) is 12.7 Å². The molecule has 0 spiro atoms. The van der Waals surface area contributed by atoms with E-state index in [0.29, 0.717) is 5.69 Å². The van der Waals surface area contributed by atoms with Gasteiger partial charge in [-0.15, -0.1) is 13.2 Å². The smallest absolute Gasteiger partial charge is 0.403 e. The van der Waals surface area contributed by atoms with E-state index in [0.717, 1.165) is 24.3 Å². The maximum Gasteiger partial charge on any atom is 0.573 e. The van der Waals surface area contributed by atoms with E-state index >= 15 is 0 Å². The van der Waals surface area contributed by atoms with Crippen molar-refractivity contribution in [1.29, 1.82) is 0 Å². The van der Waals surface area contributed by atoms with Crippen molar-refractivity contribution >= 4 is 5.91 Å². The van der Waals surface area contributed by atoms with Crippen molar-refractivity contribution in [3.8, 4) is 11.7 Å². The standard InChI is InChI=1S/C19H17F4N5O4/c1-10-7-28(9-24-10)18-26-13(6-16(29)27-18)17(30)25-14(8-31-2)11-3-4-15(12(20)5-11)32-19(21,22)23/h3-7,9,14H,8H2,1-2H3,(H,25,30)(H,26,27,29). The van der Waals surface area contributed by atoms with Crippen molar-refractivity contribution in [3.63, 3.8) is 0 Å². The monoisotopic (exact) mass is 455 g/mol. The molecule has 0 aliphatic carbocycles. The minimum Gasteiger partial charge on any atom is -0.403 e. The molecule has 1 aromatic carbocycles. The van der Waals surface area contributed by atoms with Gasteiger partial charge in [0.2, 0.25) is 5.95 Å². The Hall–Kier alpha value is -3.74. The average Bonchev–Trinajstić information content (AvgIpc) is 3.14. The van der Waals surface area contributed by atoms with Gasteiger partial charge in [-0.05, 0) is 24.6 Å². The molecule has 170 valence electrons. The molecule has 1 atom stereocenters. The molecule has 0 bridgehead atoms. The molecule has 2 aromatic heterocycles. The molecule has 0 radical (unpaired) electrons. The third-order valence-corrected chi connectivity index (χ3v) is 4.14. The third kappa shape index (κ3) is 5.69. The number of aromatic nitrogens is 4. The summed E-state index contributed by atoms with van der Waals surface area (Å²) in [6.45, 7) is 1.59. The Labute approximate surface area is 178 Å². The van der Waals surface area contributed by atoms with Crippen LogP contribution in [0.4, 0.5) is 17.6 Å². The molecular formula is C19H17F4N5O4. The number of hydrogen-bond acceptors (Lipinski definition) is 6. The summed E-state index contributed by atoms with van der Waals surface area (Å²) in [6, 6.07) is 2.74. The summed E-state index contributed by atoms with van der Waals surface area (Å²) < 4.78 is 61.1. The Kier molecular flexibility index (Phi) is 6.58. The molecule has 1 amide bonds. The zero-order valence-corrected chi connectivity index (χ0v) is 16.7. The Balaban J connectivity index is 1.85. The van der Waals surface area contributed by atoms with Crippen LogP contribution in [0.25, 0.3) is 5.95 Å². The number of carbonyl (C=O) groups is 1. The number of imidazole rings is 1. The second-order valence-electron chi connectivity index (χ2n) is 6.60. The van der Waals surface area contributed by atoms with Gasteiger partial charge in [0.05, 0.1) is 18.3 Å². The fourth-order valence-electron chi connectivity index (χ4n) is 2.78. The second-order valence-corrected chi connectivity index (χ2v) is 6.60. The summed E-state index contributed by atoms with van der Waals surface area (Å²) in [4.78, 5) is 35.3. The van der Waals surface area contributed by atoms with Gasteiger partial charge in [0.25, 0.3) is 11.5 Å². The number of halogens is 4. The molecule has 0 fully saturated rings. The Morgan fingerprint density at radius 2 is 2.06 bits per heavy atom. The van der Waals surface area contributed by atoms with E-state index in [9.17, 15) is 27.2 Å². The SMILES string of the molecule is COCC(NC(=O)c1cc(=O)[nH]c(-n2cnc(C)c2)n1)c1ccc(OC(F)(F)F)c(F)c1. The van der Waals surface area contributed by atoms with Crippen LogP contribution in [0.3, 0.4) is 0 Å². The molecule has 0 saturated heterocycles. The van der Waals surface area contributed by atoms with Crippen LogP contribution >= 0.6 is 0 Å². The van der Waals surface area contributed by atoms with Gasteiger partial charge < -0.3 is 14.8 Å². The summed E-state index contributed by atoms with van der Waals surface area (Å²) in [5.41, 5.74) is -0.0756. The summed E-state index contributed by atoms with van der Waals surface area (Å²) in [5, 5.41) is 2.52. The first-order chi connectivity index (χ1) is 15.1. The molecule has 3 aromatic rings. The van der Waals surface area contributed by atoms with E-state index in [2.05, 4.69) is 25.0 Å². The lowest BCUT2D eigenvalue weighted by Crippen LogP contribution is -2.33. The first kappa shape index (κ1) is 22.9. The first-order valence-electron chi connectivity index (χ1n) is 9.03. The zero-order valence-electron chi connectivity index (χ0n) is 16.7. The van der Waals surface area contributed by atoms with Crippen LogP contribution < -0.4 is 15.6 Å². The number of hydrogen-bond donors (Lipinski definition) is 2. The van der Waals surface area contributed by atoms with Gasteiger partial charge in [0, 0.05) is 19.4 Å². The number of H-pyrrole nitrogens is 1. The molecule has 13 heteroatoms. The fraction of sp³-hybridized carbons (Fsp3) is 0.263. The lowest BCUT2D eigenvalue weighted by Gasteiger charge is -2.19. The Morgan fingerprint density at radius 3 is 2.66 bits per heavy atom. The van der Waals surface area contributed by atoms with Crippen LogP contribution in [-0.4, -0.2) is 45.5 Å². The van der Waals surface area contributed by atoms with Crippen LogP contribution in [0.15, 0.2) is 41.6 Å². The maximum absolute atomic E-state index is 14.1. The number of nitrogens with one attached hydrogen (secondary N) is 2. The van der Waals surface area contributed by atoms with Crippen molar-refractivity contribution in [1.82, 2.24) is 24.8 Å². The van der Waals surface area contributed by atoms with Gasteiger partial charge in [0.15, 0.2) is 11.6 Å². The lowest BCUT2D eigenvalue weighted by molar-refractivity contribution is -0.275. The van der Waals surface area contributed by atoms with Crippen molar-refractivity contribution < 1.29 is 31.8 Å². The number of benzene rings is 1. The Bertz CT molecular complexity index is 1180. The van der Waals surface area contributed by atoms with Gasteiger partial charge in [0.1, 0.15) is 12.0 Å². The predicted molar refractivity (Wildman–Crippen MR) is 102 cm³/mol. The normalized spacial score (nSPS) is 12.4. The number of carbonyl (C=O) groups excluding carboxylic acids is 1. The van der Waals surface area contributed by atoms with Crippen molar-refractivity contribution in [3.05, 3.63) is 69.9 Å². The van der Waals surface area contributed by atoms with Gasteiger partial charge in [-0.25, -0.2) is 14.4 Å². The third-order valence-electron chi connectivity index (χ3n) is 4.14. The predicted octanol–water partition coefficient (Wildman–Crippen LogP) is 2.42. The van der Waals surface area contributed by atoms with Crippen LogP contribution in [-0.2, 0) is 4.74 Å². The lowest BCUT2D eigenvalue weighted by atomic mass is 10.1. The summed E-state index contributed by atoms with van der Waals surface area (Å²) >= 11 is 0. The van der Waals surface area contributed by atoms with E-state index in [1.54, 1.807) is 13.1 Å². The van der Waals surface area contributed by atoms with E-state index in [1.807, 2.05) is 0 Å².